The lowest BCUT2D eigenvalue weighted by molar-refractivity contribution is 0.859. The van der Waals surface area contributed by atoms with Gasteiger partial charge in [-0.05, 0) is 49.4 Å². The third-order valence-corrected chi connectivity index (χ3v) is 5.96. The van der Waals surface area contributed by atoms with Gasteiger partial charge in [-0.15, -0.1) is 0 Å². The number of rotatable bonds is 5. The van der Waals surface area contributed by atoms with E-state index in [0.29, 0.717) is 0 Å². The Bertz CT molecular complexity index is 1160. The second-order valence-corrected chi connectivity index (χ2v) is 7.86. The van der Waals surface area contributed by atoms with E-state index in [1.165, 1.54) is 5.30 Å². The standard InChI is InChI=1S/C22H23N4P/c1-5-16-18(27-4)10-9-17-22(16)26-19(25-17)11-8-15-12-23-20-13(2)6-7-14(3)21(20)24-15/h5-7,9-10,12,27H,1,8,11H2,2-4H3,(H,25,26). The lowest BCUT2D eigenvalue weighted by Gasteiger charge is -2.06. The average molecular weight is 374 g/mol. The zero-order valence-corrected chi connectivity index (χ0v) is 16.9. The van der Waals surface area contributed by atoms with Crippen LogP contribution in [0, 0.1) is 13.8 Å². The van der Waals surface area contributed by atoms with Gasteiger partial charge in [0.05, 0.1) is 27.8 Å². The Morgan fingerprint density at radius 1 is 1.00 bits per heavy atom. The Morgan fingerprint density at radius 2 is 1.78 bits per heavy atom. The zero-order chi connectivity index (χ0) is 19.0. The highest BCUT2D eigenvalue weighted by Gasteiger charge is 2.11. The molecule has 136 valence electrons. The molecule has 1 unspecified atom stereocenters. The third kappa shape index (κ3) is 3.26. The molecular weight excluding hydrogens is 351 g/mol. The summed E-state index contributed by atoms with van der Waals surface area (Å²) in [6, 6.07) is 8.49. The number of nitrogens with one attached hydrogen (secondary N) is 1. The summed E-state index contributed by atoms with van der Waals surface area (Å²) in [5.41, 5.74) is 8.55. The maximum absolute atomic E-state index is 4.85. The van der Waals surface area contributed by atoms with Crippen molar-refractivity contribution in [3.05, 3.63) is 65.2 Å². The van der Waals surface area contributed by atoms with Crippen molar-refractivity contribution in [2.45, 2.75) is 26.7 Å². The van der Waals surface area contributed by atoms with Gasteiger partial charge in [-0.2, -0.15) is 0 Å². The number of benzene rings is 2. The van der Waals surface area contributed by atoms with Gasteiger partial charge in [0, 0.05) is 18.2 Å². The lowest BCUT2D eigenvalue weighted by Crippen LogP contribution is -2.00. The van der Waals surface area contributed by atoms with Crippen LogP contribution in [0.5, 0.6) is 0 Å². The molecule has 27 heavy (non-hydrogen) atoms. The molecule has 0 bridgehead atoms. The number of H-pyrrole nitrogens is 1. The monoisotopic (exact) mass is 374 g/mol. The van der Waals surface area contributed by atoms with Crippen molar-refractivity contribution in [1.82, 2.24) is 19.9 Å². The second kappa shape index (κ2) is 7.21. The fourth-order valence-electron chi connectivity index (χ4n) is 3.45. The van der Waals surface area contributed by atoms with Crippen molar-refractivity contribution in [3.8, 4) is 0 Å². The number of hydrogen-bond acceptors (Lipinski definition) is 3. The van der Waals surface area contributed by atoms with Crippen LogP contribution in [0.4, 0.5) is 0 Å². The summed E-state index contributed by atoms with van der Waals surface area (Å²) in [6.45, 7) is 10.3. The summed E-state index contributed by atoms with van der Waals surface area (Å²) in [5, 5.41) is 1.31. The van der Waals surface area contributed by atoms with E-state index in [1.807, 2.05) is 12.3 Å². The molecule has 0 radical (unpaired) electrons. The molecule has 0 amide bonds. The molecule has 0 spiro atoms. The Labute approximate surface area is 160 Å². The number of aryl methyl sites for hydroxylation is 4. The van der Waals surface area contributed by atoms with Gasteiger partial charge < -0.3 is 4.98 Å². The maximum Gasteiger partial charge on any atom is 0.107 e. The second-order valence-electron chi connectivity index (χ2n) is 6.82. The van der Waals surface area contributed by atoms with E-state index in [-0.39, 0.29) is 0 Å². The molecule has 4 rings (SSSR count). The van der Waals surface area contributed by atoms with E-state index in [0.717, 1.165) is 71.7 Å². The highest BCUT2D eigenvalue weighted by Crippen LogP contribution is 2.22. The van der Waals surface area contributed by atoms with Crippen LogP contribution in [-0.2, 0) is 12.8 Å². The van der Waals surface area contributed by atoms with Crippen LogP contribution < -0.4 is 5.30 Å². The molecule has 0 fully saturated rings. The van der Waals surface area contributed by atoms with Gasteiger partial charge in [-0.1, -0.05) is 39.4 Å². The molecule has 0 aliphatic carbocycles. The average Bonchev–Trinajstić information content (AvgIpc) is 3.11. The Kier molecular flexibility index (Phi) is 4.75. The molecule has 4 aromatic rings. The van der Waals surface area contributed by atoms with Gasteiger partial charge in [-0.25, -0.2) is 9.97 Å². The predicted molar refractivity (Wildman–Crippen MR) is 116 cm³/mol. The fourth-order valence-corrected chi connectivity index (χ4v) is 4.19. The molecule has 1 atom stereocenters. The SMILES string of the molecule is C=Cc1c(PC)ccc2[nH]c(CCc3cnc4c(C)ccc(C)c4n3)nc12. The fraction of sp³-hybridized carbons (Fsp3) is 0.227. The predicted octanol–water partition coefficient (Wildman–Crippen LogP) is 4.48. The summed E-state index contributed by atoms with van der Waals surface area (Å²) in [4.78, 5) is 17.8. The first-order valence-electron chi connectivity index (χ1n) is 9.14. The molecule has 0 aliphatic rings. The van der Waals surface area contributed by atoms with Crippen LogP contribution in [0.1, 0.15) is 28.2 Å². The number of nitrogens with zero attached hydrogens (tertiary/aromatic N) is 3. The largest absolute Gasteiger partial charge is 0.342 e. The molecule has 2 aromatic heterocycles. The molecular formula is C22H23N4P. The quantitative estimate of drug-likeness (QED) is 0.524. The van der Waals surface area contributed by atoms with Crippen LogP contribution in [0.25, 0.3) is 28.1 Å². The summed E-state index contributed by atoms with van der Waals surface area (Å²) in [6.07, 6.45) is 5.42. The van der Waals surface area contributed by atoms with Gasteiger partial charge in [0.15, 0.2) is 0 Å². The summed E-state index contributed by atoms with van der Waals surface area (Å²) < 4.78 is 0. The van der Waals surface area contributed by atoms with Crippen LogP contribution in [0.2, 0.25) is 0 Å². The summed E-state index contributed by atoms with van der Waals surface area (Å²) in [7, 11) is 0.731. The Balaban J connectivity index is 1.63. The number of hydrogen-bond donors (Lipinski definition) is 1. The molecule has 2 aromatic carbocycles. The van der Waals surface area contributed by atoms with Crippen LogP contribution in [-0.4, -0.2) is 26.6 Å². The number of aromatic nitrogens is 4. The lowest BCUT2D eigenvalue weighted by atomic mass is 10.1. The number of aromatic amines is 1. The van der Waals surface area contributed by atoms with Crippen LogP contribution in [0.15, 0.2) is 37.0 Å². The first-order chi connectivity index (χ1) is 13.1. The van der Waals surface area contributed by atoms with Gasteiger partial charge in [0.25, 0.3) is 0 Å². The molecule has 4 nitrogen and oxygen atoms in total. The van der Waals surface area contributed by atoms with Crippen LogP contribution in [0.3, 0.4) is 0 Å². The minimum atomic E-state index is 0.731. The Morgan fingerprint density at radius 3 is 2.52 bits per heavy atom. The van der Waals surface area contributed by atoms with Crippen molar-refractivity contribution < 1.29 is 0 Å². The maximum atomic E-state index is 4.85. The molecule has 0 saturated heterocycles. The van der Waals surface area contributed by atoms with Gasteiger partial charge in [0.2, 0.25) is 0 Å². The van der Waals surface area contributed by atoms with Gasteiger partial charge >= 0.3 is 0 Å². The van der Waals surface area contributed by atoms with Crippen molar-refractivity contribution in [2.24, 2.45) is 0 Å². The first kappa shape index (κ1) is 17.8. The van der Waals surface area contributed by atoms with Crippen LogP contribution >= 0.6 is 8.58 Å². The van der Waals surface area contributed by atoms with E-state index in [4.69, 9.17) is 9.97 Å². The van der Waals surface area contributed by atoms with Gasteiger partial charge in [0.1, 0.15) is 5.82 Å². The molecule has 1 N–H and O–H groups in total. The number of imidazole rings is 1. The molecule has 5 heteroatoms. The highest BCUT2D eigenvalue weighted by atomic mass is 31.1. The van der Waals surface area contributed by atoms with E-state index in [1.54, 1.807) is 0 Å². The van der Waals surface area contributed by atoms with E-state index < -0.39 is 0 Å². The Hall–Kier alpha value is -2.58. The minimum absolute atomic E-state index is 0.731. The number of fused-ring (bicyclic) bond motifs is 2. The topological polar surface area (TPSA) is 54.5 Å². The smallest absolute Gasteiger partial charge is 0.107 e. The first-order valence-corrected chi connectivity index (χ1v) is 10.6. The molecule has 2 heterocycles. The van der Waals surface area contributed by atoms with Crippen molar-refractivity contribution in [1.29, 1.82) is 0 Å². The van der Waals surface area contributed by atoms with E-state index >= 15 is 0 Å². The third-order valence-electron chi connectivity index (χ3n) is 4.99. The summed E-state index contributed by atoms with van der Waals surface area (Å²) in [5.74, 6) is 0.979. The van der Waals surface area contributed by atoms with Crippen molar-refractivity contribution >= 4 is 42.0 Å². The molecule has 0 saturated carbocycles. The van der Waals surface area contributed by atoms with E-state index in [9.17, 15) is 0 Å². The highest BCUT2D eigenvalue weighted by molar-refractivity contribution is 7.46. The molecule has 0 aliphatic heterocycles. The zero-order valence-electron chi connectivity index (χ0n) is 15.9. The van der Waals surface area contributed by atoms with Gasteiger partial charge in [-0.3, -0.25) is 4.98 Å². The van der Waals surface area contributed by atoms with Crippen molar-refractivity contribution in [3.63, 3.8) is 0 Å². The van der Waals surface area contributed by atoms with E-state index in [2.05, 4.69) is 61.3 Å². The summed E-state index contributed by atoms with van der Waals surface area (Å²) >= 11 is 0. The van der Waals surface area contributed by atoms with Crippen molar-refractivity contribution in [2.75, 3.05) is 6.66 Å². The normalized spacial score (nSPS) is 11.8. The minimum Gasteiger partial charge on any atom is -0.342 e.